The lowest BCUT2D eigenvalue weighted by Gasteiger charge is -2.36. The van der Waals surface area contributed by atoms with Gasteiger partial charge >= 0.3 is 0 Å². The normalized spacial score (nSPS) is 32.2. The van der Waals surface area contributed by atoms with Crippen LogP contribution in [0, 0.1) is 0 Å². The molecule has 3 atom stereocenters. The Morgan fingerprint density at radius 3 is 0.977 bits per heavy atom. The maximum Gasteiger partial charge on any atom is 0.262 e. The summed E-state index contributed by atoms with van der Waals surface area (Å²) in [6.07, 6.45) is 11.4. The molecule has 0 aromatic carbocycles. The molecule has 43 heavy (non-hydrogen) atoms. The van der Waals surface area contributed by atoms with Gasteiger partial charge in [-0.05, 0) is 168 Å². The summed E-state index contributed by atoms with van der Waals surface area (Å²) >= 11 is 0. The first-order valence-electron chi connectivity index (χ1n) is 17.8. The summed E-state index contributed by atoms with van der Waals surface area (Å²) in [5.41, 5.74) is 1.05. The Morgan fingerprint density at radius 1 is 0.488 bits per heavy atom. The molecule has 256 valence electrons. The van der Waals surface area contributed by atoms with E-state index in [1.54, 1.807) is 0 Å². The maximum atomic E-state index is 12.9. The zero-order chi connectivity index (χ0) is 33.2. The smallest absolute Gasteiger partial charge is 0.262 e. The molecule has 5 aliphatic heterocycles. The van der Waals surface area contributed by atoms with Gasteiger partial charge < -0.3 is 0 Å². The van der Waals surface area contributed by atoms with E-state index in [0.717, 1.165) is 24.2 Å². The second-order valence-electron chi connectivity index (χ2n) is 18.5. The minimum atomic E-state index is -2.48. The Balaban J connectivity index is 0.000000201. The van der Waals surface area contributed by atoms with Crippen molar-refractivity contribution in [1.29, 1.82) is 0 Å². The molecule has 0 spiro atoms. The molecule has 0 radical (unpaired) electrons. The molecule has 0 amide bonds. The summed E-state index contributed by atoms with van der Waals surface area (Å²) < 4.78 is 25.9. The van der Waals surface area contributed by atoms with Gasteiger partial charge in [0.2, 0.25) is 0 Å². The Labute approximate surface area is 267 Å². The highest BCUT2D eigenvalue weighted by Gasteiger charge is 2.46. The van der Waals surface area contributed by atoms with Gasteiger partial charge in [0, 0.05) is 58.8 Å². The lowest BCUT2D eigenvalue weighted by molar-refractivity contribution is 0.00143. The van der Waals surface area contributed by atoms with E-state index in [-0.39, 0.29) is 24.5 Å². The van der Waals surface area contributed by atoms with Crippen LogP contribution in [0.1, 0.15) is 162 Å². The molecule has 0 saturated carbocycles. The lowest BCUT2D eigenvalue weighted by atomic mass is 10.0. The molecule has 0 aliphatic carbocycles. The van der Waals surface area contributed by atoms with Crippen LogP contribution in [0.4, 0.5) is 8.78 Å². The molecule has 5 heterocycles. The van der Waals surface area contributed by atoms with Gasteiger partial charge in [-0.3, -0.25) is 19.6 Å². The van der Waals surface area contributed by atoms with Crippen molar-refractivity contribution in [2.24, 2.45) is 0 Å². The number of halogens is 2. The van der Waals surface area contributed by atoms with Crippen molar-refractivity contribution in [2.75, 3.05) is 19.6 Å². The second-order valence-corrected chi connectivity index (χ2v) is 18.5. The number of hydrogen-bond acceptors (Lipinski definition) is 4. The molecule has 5 fully saturated rings. The van der Waals surface area contributed by atoms with E-state index in [2.05, 4.69) is 90.9 Å². The van der Waals surface area contributed by atoms with Crippen molar-refractivity contribution in [1.82, 2.24) is 19.6 Å². The zero-order valence-corrected chi connectivity index (χ0v) is 31.4. The van der Waals surface area contributed by atoms with E-state index < -0.39 is 5.92 Å². The van der Waals surface area contributed by atoms with E-state index in [9.17, 15) is 8.78 Å². The standard InChI is InChI=1S/C10H19N.C9H17F2N.2C9H19N/c1-10(2,3)11-8-4-5-9(11)7-6-8;1-7-5-9(10,11)6-12(7)8(2,3)4;2*1-8-6-5-7-10(8)9(2,3)4/h8-9H,4-7H2,1-3H3;7H,5-6H2,1-4H3;2*8H,5-7H2,1-4H3/t;7-;2*8-/m.010/s1. The van der Waals surface area contributed by atoms with Gasteiger partial charge in [0.25, 0.3) is 5.92 Å². The molecular weight excluding hydrogens is 538 g/mol. The van der Waals surface area contributed by atoms with Crippen LogP contribution in [0.2, 0.25) is 0 Å². The first-order valence-corrected chi connectivity index (χ1v) is 17.8. The predicted molar refractivity (Wildman–Crippen MR) is 183 cm³/mol. The third kappa shape index (κ3) is 11.5. The fraction of sp³-hybridized carbons (Fsp3) is 1.00. The average molecular weight is 613 g/mol. The third-order valence-electron chi connectivity index (χ3n) is 10.4. The summed E-state index contributed by atoms with van der Waals surface area (Å²) in [6, 6.07) is 3.47. The summed E-state index contributed by atoms with van der Waals surface area (Å²) in [4.78, 5) is 9.79. The van der Waals surface area contributed by atoms with E-state index in [4.69, 9.17) is 0 Å². The van der Waals surface area contributed by atoms with Crippen LogP contribution >= 0.6 is 0 Å². The number of hydrogen-bond donors (Lipinski definition) is 0. The Hall–Kier alpha value is -0.300. The van der Waals surface area contributed by atoms with Crippen LogP contribution in [-0.4, -0.2) is 97.5 Å². The van der Waals surface area contributed by atoms with Crippen LogP contribution in [0.3, 0.4) is 0 Å². The minimum Gasteiger partial charge on any atom is -0.296 e. The van der Waals surface area contributed by atoms with Crippen molar-refractivity contribution < 1.29 is 8.78 Å². The molecule has 5 aliphatic rings. The molecular formula is C37H74F2N4. The van der Waals surface area contributed by atoms with Crippen molar-refractivity contribution in [3.8, 4) is 0 Å². The monoisotopic (exact) mass is 613 g/mol. The summed E-state index contributed by atoms with van der Waals surface area (Å²) in [6.45, 7) is 35.8. The number of nitrogens with zero attached hydrogens (tertiary/aromatic N) is 4. The predicted octanol–water partition coefficient (Wildman–Crippen LogP) is 9.46. The van der Waals surface area contributed by atoms with Gasteiger partial charge in [-0.15, -0.1) is 0 Å². The molecule has 0 aromatic heterocycles. The number of likely N-dealkylation sites (tertiary alicyclic amines) is 3. The number of rotatable bonds is 0. The highest BCUT2D eigenvalue weighted by Crippen LogP contribution is 2.42. The largest absolute Gasteiger partial charge is 0.296 e. The second kappa shape index (κ2) is 14.6. The van der Waals surface area contributed by atoms with Gasteiger partial charge in [0.05, 0.1) is 6.54 Å². The van der Waals surface area contributed by atoms with Crippen molar-refractivity contribution in [2.45, 2.75) is 220 Å². The van der Waals surface area contributed by atoms with Crippen molar-refractivity contribution >= 4 is 0 Å². The van der Waals surface area contributed by atoms with Crippen LogP contribution in [0.15, 0.2) is 0 Å². The Bertz CT molecular complexity index is 782. The Kier molecular flexibility index (Phi) is 13.2. The van der Waals surface area contributed by atoms with Crippen molar-refractivity contribution in [3.05, 3.63) is 0 Å². The summed E-state index contributed by atoms with van der Waals surface area (Å²) in [5, 5.41) is 0. The summed E-state index contributed by atoms with van der Waals surface area (Å²) in [5.74, 6) is -2.48. The summed E-state index contributed by atoms with van der Waals surface area (Å²) in [7, 11) is 0. The van der Waals surface area contributed by atoms with Crippen LogP contribution in [0.5, 0.6) is 0 Å². The third-order valence-corrected chi connectivity index (χ3v) is 10.4. The quantitative estimate of drug-likeness (QED) is 0.270. The molecule has 5 rings (SSSR count). The topological polar surface area (TPSA) is 13.0 Å². The SMILES string of the molecule is CC(C)(C)N1C2CCC1CC2.C[C@@H]1CCCN1C(C)(C)C.C[C@H]1CC(F)(F)CN1C(C)(C)C.C[C@H]1CCCN1C(C)(C)C. The van der Waals surface area contributed by atoms with Gasteiger partial charge in [-0.25, -0.2) is 8.78 Å². The van der Waals surface area contributed by atoms with Gasteiger partial charge in [0.1, 0.15) is 0 Å². The molecule has 4 nitrogen and oxygen atoms in total. The van der Waals surface area contributed by atoms with Crippen LogP contribution in [-0.2, 0) is 0 Å². The van der Waals surface area contributed by atoms with Gasteiger partial charge in [-0.2, -0.15) is 0 Å². The first-order chi connectivity index (χ1) is 19.3. The highest BCUT2D eigenvalue weighted by molar-refractivity contribution is 5.00. The van der Waals surface area contributed by atoms with E-state index >= 15 is 0 Å². The molecule has 0 aromatic rings. The molecule has 0 N–H and O–H groups in total. The van der Waals surface area contributed by atoms with E-state index in [1.807, 2.05) is 32.6 Å². The number of fused-ring (bicyclic) bond motifs is 2. The van der Waals surface area contributed by atoms with E-state index in [0.29, 0.717) is 16.6 Å². The fourth-order valence-electron chi connectivity index (χ4n) is 8.78. The zero-order valence-electron chi connectivity index (χ0n) is 31.4. The maximum absolute atomic E-state index is 12.9. The first kappa shape index (κ1) is 38.9. The van der Waals surface area contributed by atoms with Gasteiger partial charge in [0.15, 0.2) is 0 Å². The van der Waals surface area contributed by atoms with E-state index in [1.165, 1.54) is 64.5 Å². The van der Waals surface area contributed by atoms with Crippen molar-refractivity contribution in [3.63, 3.8) is 0 Å². The minimum absolute atomic E-state index is 0.000000000000000444. The molecule has 6 heteroatoms. The average Bonchev–Trinajstić information content (AvgIpc) is 3.62. The molecule has 5 saturated heterocycles. The highest BCUT2D eigenvalue weighted by atomic mass is 19.3. The van der Waals surface area contributed by atoms with Crippen LogP contribution in [0.25, 0.3) is 0 Å². The van der Waals surface area contributed by atoms with Crippen LogP contribution < -0.4 is 0 Å². The number of alkyl halides is 2. The lowest BCUT2D eigenvalue weighted by Crippen LogP contribution is -2.44. The Morgan fingerprint density at radius 2 is 0.837 bits per heavy atom. The fourth-order valence-corrected chi connectivity index (χ4v) is 8.78. The van der Waals surface area contributed by atoms with Gasteiger partial charge in [-0.1, -0.05) is 0 Å². The molecule has 0 unspecified atom stereocenters. The molecule has 2 bridgehead atoms.